The Morgan fingerprint density at radius 3 is 2.86 bits per heavy atom. The molecule has 112 valence electrons. The number of ether oxygens (including phenoxy) is 1. The van der Waals surface area contributed by atoms with E-state index in [0.717, 1.165) is 36.4 Å². The summed E-state index contributed by atoms with van der Waals surface area (Å²) in [4.78, 5) is 8.34. The van der Waals surface area contributed by atoms with Crippen molar-refractivity contribution in [2.45, 2.75) is 25.8 Å². The van der Waals surface area contributed by atoms with Crippen molar-refractivity contribution in [1.82, 2.24) is 15.3 Å². The van der Waals surface area contributed by atoms with E-state index in [9.17, 15) is 0 Å². The second-order valence-corrected chi connectivity index (χ2v) is 5.24. The standard InChI is InChI=1S/C16H20ClN3O/c1-3-7-19-15(14-6-8-18-11-20-14)10-12-9-13(17)4-5-16(12)21-2/h4-6,8-9,11,15,19H,3,7,10H2,1-2H3. The molecule has 0 aliphatic heterocycles. The molecule has 5 heteroatoms. The summed E-state index contributed by atoms with van der Waals surface area (Å²) in [6, 6.07) is 7.73. The molecular formula is C16H20ClN3O. The van der Waals surface area contributed by atoms with E-state index in [-0.39, 0.29) is 6.04 Å². The Morgan fingerprint density at radius 2 is 2.19 bits per heavy atom. The number of methoxy groups -OCH3 is 1. The van der Waals surface area contributed by atoms with Crippen LogP contribution in [0, 0.1) is 0 Å². The molecular weight excluding hydrogens is 286 g/mol. The number of nitrogens with zero attached hydrogens (tertiary/aromatic N) is 2. The van der Waals surface area contributed by atoms with Crippen LogP contribution in [0.4, 0.5) is 0 Å². The summed E-state index contributed by atoms with van der Waals surface area (Å²) >= 11 is 6.11. The molecule has 1 unspecified atom stereocenters. The van der Waals surface area contributed by atoms with Crippen LogP contribution < -0.4 is 10.1 Å². The first-order valence-electron chi connectivity index (χ1n) is 7.06. The smallest absolute Gasteiger partial charge is 0.122 e. The summed E-state index contributed by atoms with van der Waals surface area (Å²) in [6.07, 6.45) is 5.17. The van der Waals surface area contributed by atoms with Crippen LogP contribution in [0.3, 0.4) is 0 Å². The van der Waals surface area contributed by atoms with Gasteiger partial charge in [-0.3, -0.25) is 0 Å². The third kappa shape index (κ3) is 4.41. The number of aromatic nitrogens is 2. The van der Waals surface area contributed by atoms with Gasteiger partial charge in [-0.25, -0.2) is 9.97 Å². The van der Waals surface area contributed by atoms with E-state index in [0.29, 0.717) is 5.02 Å². The van der Waals surface area contributed by atoms with Gasteiger partial charge in [0.05, 0.1) is 18.8 Å². The molecule has 4 nitrogen and oxygen atoms in total. The predicted molar refractivity (Wildman–Crippen MR) is 84.8 cm³/mol. The lowest BCUT2D eigenvalue weighted by molar-refractivity contribution is 0.404. The monoisotopic (exact) mass is 305 g/mol. The largest absolute Gasteiger partial charge is 0.496 e. The summed E-state index contributed by atoms with van der Waals surface area (Å²) in [5.41, 5.74) is 2.04. The molecule has 0 aliphatic carbocycles. The number of nitrogens with one attached hydrogen (secondary N) is 1. The fraction of sp³-hybridized carbons (Fsp3) is 0.375. The SMILES string of the molecule is CCCNC(Cc1cc(Cl)ccc1OC)c1ccncn1. The normalized spacial score (nSPS) is 12.1. The molecule has 0 saturated heterocycles. The van der Waals surface area contributed by atoms with Gasteiger partial charge in [-0.1, -0.05) is 18.5 Å². The van der Waals surface area contributed by atoms with Crippen molar-refractivity contribution in [3.8, 4) is 5.75 Å². The molecule has 0 bridgehead atoms. The third-order valence-corrected chi connectivity index (χ3v) is 3.50. The molecule has 1 atom stereocenters. The first-order valence-corrected chi connectivity index (χ1v) is 7.44. The minimum atomic E-state index is 0.111. The predicted octanol–water partition coefficient (Wildman–Crippen LogP) is 3.42. The van der Waals surface area contributed by atoms with Crippen molar-refractivity contribution in [2.75, 3.05) is 13.7 Å². The topological polar surface area (TPSA) is 47.0 Å². The van der Waals surface area contributed by atoms with Gasteiger partial charge in [-0.15, -0.1) is 0 Å². The molecule has 2 rings (SSSR count). The van der Waals surface area contributed by atoms with Gasteiger partial charge >= 0.3 is 0 Å². The van der Waals surface area contributed by atoms with Crippen LogP contribution in [0.2, 0.25) is 5.02 Å². The second-order valence-electron chi connectivity index (χ2n) is 4.80. The Balaban J connectivity index is 2.24. The first kappa shape index (κ1) is 15.7. The summed E-state index contributed by atoms with van der Waals surface area (Å²) in [6.45, 7) is 3.07. The molecule has 1 aromatic heterocycles. The van der Waals surface area contributed by atoms with E-state index < -0.39 is 0 Å². The Labute approximate surface area is 130 Å². The van der Waals surface area contributed by atoms with Crippen molar-refractivity contribution in [3.05, 3.63) is 53.1 Å². The van der Waals surface area contributed by atoms with Gasteiger partial charge in [-0.05, 0) is 49.2 Å². The molecule has 0 aliphatic rings. The van der Waals surface area contributed by atoms with Crippen LogP contribution in [-0.2, 0) is 6.42 Å². The Bertz CT molecular complexity index is 563. The van der Waals surface area contributed by atoms with Crippen molar-refractivity contribution < 1.29 is 4.74 Å². The van der Waals surface area contributed by atoms with Crippen LogP contribution in [0.25, 0.3) is 0 Å². The summed E-state index contributed by atoms with van der Waals surface area (Å²) < 4.78 is 5.42. The molecule has 2 aromatic rings. The van der Waals surface area contributed by atoms with Crippen LogP contribution in [0.5, 0.6) is 5.75 Å². The molecule has 0 amide bonds. The van der Waals surface area contributed by atoms with Gasteiger partial charge in [0.2, 0.25) is 0 Å². The zero-order valence-electron chi connectivity index (χ0n) is 12.3. The second kappa shape index (κ2) is 7.96. The quantitative estimate of drug-likeness (QED) is 0.851. The zero-order chi connectivity index (χ0) is 15.1. The first-order chi connectivity index (χ1) is 10.2. The molecule has 1 N–H and O–H groups in total. The molecule has 0 fully saturated rings. The van der Waals surface area contributed by atoms with Crippen molar-refractivity contribution >= 4 is 11.6 Å². The average molecular weight is 306 g/mol. The van der Waals surface area contributed by atoms with Gasteiger partial charge in [0.15, 0.2) is 0 Å². The maximum Gasteiger partial charge on any atom is 0.122 e. The molecule has 0 radical (unpaired) electrons. The van der Waals surface area contributed by atoms with Gasteiger partial charge < -0.3 is 10.1 Å². The van der Waals surface area contributed by atoms with E-state index >= 15 is 0 Å². The Kier molecular flexibility index (Phi) is 5.96. The summed E-state index contributed by atoms with van der Waals surface area (Å²) in [7, 11) is 1.67. The van der Waals surface area contributed by atoms with E-state index in [1.807, 2.05) is 24.3 Å². The van der Waals surface area contributed by atoms with Crippen LogP contribution in [-0.4, -0.2) is 23.6 Å². The van der Waals surface area contributed by atoms with Crippen molar-refractivity contribution in [2.24, 2.45) is 0 Å². The third-order valence-electron chi connectivity index (χ3n) is 3.27. The molecule has 21 heavy (non-hydrogen) atoms. The highest BCUT2D eigenvalue weighted by Crippen LogP contribution is 2.27. The lowest BCUT2D eigenvalue weighted by Gasteiger charge is -2.19. The minimum absolute atomic E-state index is 0.111. The lowest BCUT2D eigenvalue weighted by atomic mass is 10.0. The van der Waals surface area contributed by atoms with Crippen LogP contribution in [0.1, 0.15) is 30.6 Å². The van der Waals surface area contributed by atoms with Gasteiger partial charge in [0.1, 0.15) is 12.1 Å². The number of benzene rings is 1. The highest BCUT2D eigenvalue weighted by molar-refractivity contribution is 6.30. The summed E-state index contributed by atoms with van der Waals surface area (Å²) in [5, 5.41) is 4.23. The van der Waals surface area contributed by atoms with Crippen LogP contribution in [0.15, 0.2) is 36.8 Å². The van der Waals surface area contributed by atoms with E-state index in [1.54, 1.807) is 19.6 Å². The van der Waals surface area contributed by atoms with E-state index in [2.05, 4.69) is 22.2 Å². The molecule has 1 heterocycles. The highest BCUT2D eigenvalue weighted by Gasteiger charge is 2.15. The van der Waals surface area contributed by atoms with E-state index in [4.69, 9.17) is 16.3 Å². The fourth-order valence-electron chi connectivity index (χ4n) is 2.23. The molecule has 1 aromatic carbocycles. The van der Waals surface area contributed by atoms with E-state index in [1.165, 1.54) is 0 Å². The number of hydrogen-bond acceptors (Lipinski definition) is 4. The lowest BCUT2D eigenvalue weighted by Crippen LogP contribution is -2.25. The number of halogens is 1. The number of rotatable bonds is 7. The van der Waals surface area contributed by atoms with Gasteiger partial charge in [-0.2, -0.15) is 0 Å². The molecule has 0 spiro atoms. The van der Waals surface area contributed by atoms with Gasteiger partial charge in [0, 0.05) is 11.2 Å². The van der Waals surface area contributed by atoms with Crippen molar-refractivity contribution in [3.63, 3.8) is 0 Å². The zero-order valence-corrected chi connectivity index (χ0v) is 13.1. The Hall–Kier alpha value is -1.65. The maximum atomic E-state index is 6.11. The maximum absolute atomic E-state index is 6.11. The van der Waals surface area contributed by atoms with Crippen molar-refractivity contribution in [1.29, 1.82) is 0 Å². The van der Waals surface area contributed by atoms with Crippen LogP contribution >= 0.6 is 11.6 Å². The highest BCUT2D eigenvalue weighted by atomic mass is 35.5. The fourth-order valence-corrected chi connectivity index (χ4v) is 2.43. The Morgan fingerprint density at radius 1 is 1.33 bits per heavy atom. The number of hydrogen-bond donors (Lipinski definition) is 1. The summed E-state index contributed by atoms with van der Waals surface area (Å²) in [5.74, 6) is 0.844. The molecule has 0 saturated carbocycles. The minimum Gasteiger partial charge on any atom is -0.496 e. The average Bonchev–Trinajstić information content (AvgIpc) is 2.52. The van der Waals surface area contributed by atoms with Gasteiger partial charge in [0.25, 0.3) is 0 Å².